The van der Waals surface area contributed by atoms with Gasteiger partial charge in [0, 0.05) is 5.69 Å². The van der Waals surface area contributed by atoms with Crippen LogP contribution in [0.5, 0.6) is 0 Å². The number of carbonyl (C=O) groups excluding carboxylic acids is 1. The first kappa shape index (κ1) is 16.5. The predicted molar refractivity (Wildman–Crippen MR) is 85.5 cm³/mol. The molecular weight excluding hydrogens is 317 g/mol. The van der Waals surface area contributed by atoms with E-state index in [1.807, 2.05) is 25.1 Å². The lowest BCUT2D eigenvalue weighted by Crippen LogP contribution is -2.48. The van der Waals surface area contributed by atoms with Gasteiger partial charge in [0.25, 0.3) is 0 Å². The number of rotatable bonds is 2. The molecule has 0 saturated carbocycles. The van der Waals surface area contributed by atoms with Gasteiger partial charge in [-0.3, -0.25) is 4.79 Å². The number of halogens is 3. The zero-order chi connectivity index (χ0) is 17.5. The van der Waals surface area contributed by atoms with Gasteiger partial charge in [0.05, 0.1) is 18.2 Å². The highest BCUT2D eigenvalue weighted by atomic mass is 19.4. The second kappa shape index (κ2) is 5.94. The van der Waals surface area contributed by atoms with Crippen molar-refractivity contribution < 1.29 is 18.0 Å². The molecule has 0 spiro atoms. The Kier molecular flexibility index (Phi) is 4.09. The Morgan fingerprint density at radius 1 is 1.21 bits per heavy atom. The van der Waals surface area contributed by atoms with E-state index in [9.17, 15) is 18.0 Å². The second-order valence-corrected chi connectivity index (χ2v) is 6.07. The third kappa shape index (κ3) is 3.14. The molecule has 1 aliphatic heterocycles. The molecule has 0 saturated heterocycles. The molecule has 6 heteroatoms. The number of benzene rings is 2. The first-order valence-electron chi connectivity index (χ1n) is 7.58. The van der Waals surface area contributed by atoms with Crippen LogP contribution in [0.4, 0.5) is 18.9 Å². The first-order valence-corrected chi connectivity index (χ1v) is 7.58. The molecule has 3 nitrogen and oxygen atoms in total. The minimum atomic E-state index is -4.41. The van der Waals surface area contributed by atoms with Crippen molar-refractivity contribution in [1.82, 2.24) is 0 Å². The van der Waals surface area contributed by atoms with Crippen molar-refractivity contribution in [2.75, 3.05) is 4.90 Å². The molecular formula is C18H17F3N2O. The highest BCUT2D eigenvalue weighted by Gasteiger charge is 2.32. The maximum absolute atomic E-state index is 12.9. The summed E-state index contributed by atoms with van der Waals surface area (Å²) in [5.41, 5.74) is 8.23. The molecule has 1 amide bonds. The van der Waals surface area contributed by atoms with E-state index in [-0.39, 0.29) is 12.5 Å². The maximum atomic E-state index is 12.9. The van der Waals surface area contributed by atoms with E-state index in [0.29, 0.717) is 12.0 Å². The number of amides is 1. The number of anilines is 1. The van der Waals surface area contributed by atoms with Crippen molar-refractivity contribution >= 4 is 11.6 Å². The van der Waals surface area contributed by atoms with E-state index in [2.05, 4.69) is 0 Å². The number of hydrogen-bond acceptors (Lipinski definition) is 2. The highest BCUT2D eigenvalue weighted by molar-refractivity contribution is 6.00. The van der Waals surface area contributed by atoms with Gasteiger partial charge in [0.1, 0.15) is 0 Å². The summed E-state index contributed by atoms with van der Waals surface area (Å²) in [6.07, 6.45) is -3.97. The van der Waals surface area contributed by atoms with Gasteiger partial charge < -0.3 is 10.6 Å². The van der Waals surface area contributed by atoms with E-state index < -0.39 is 17.8 Å². The van der Waals surface area contributed by atoms with Crippen LogP contribution in [-0.2, 0) is 23.9 Å². The van der Waals surface area contributed by atoms with Crippen LogP contribution < -0.4 is 10.6 Å². The quantitative estimate of drug-likeness (QED) is 0.915. The van der Waals surface area contributed by atoms with E-state index >= 15 is 0 Å². The summed E-state index contributed by atoms with van der Waals surface area (Å²) in [5, 5.41) is 0. The fraction of sp³-hybridized carbons (Fsp3) is 0.278. The van der Waals surface area contributed by atoms with Crippen LogP contribution in [0, 0.1) is 6.92 Å². The lowest BCUT2D eigenvalue weighted by molar-refractivity contribution is -0.137. The molecule has 2 aromatic carbocycles. The molecule has 126 valence electrons. The Morgan fingerprint density at radius 3 is 2.67 bits per heavy atom. The molecule has 24 heavy (non-hydrogen) atoms. The predicted octanol–water partition coefficient (Wildman–Crippen LogP) is 3.43. The summed E-state index contributed by atoms with van der Waals surface area (Å²) in [6, 6.07) is 10.1. The van der Waals surface area contributed by atoms with Crippen LogP contribution in [0.25, 0.3) is 0 Å². The van der Waals surface area contributed by atoms with Gasteiger partial charge in [0.15, 0.2) is 0 Å². The minimum absolute atomic E-state index is 0.0624. The zero-order valence-electron chi connectivity index (χ0n) is 13.1. The summed E-state index contributed by atoms with van der Waals surface area (Å²) in [5.74, 6) is -0.273. The summed E-state index contributed by atoms with van der Waals surface area (Å²) in [4.78, 5) is 13.9. The van der Waals surface area contributed by atoms with Crippen LogP contribution in [0.3, 0.4) is 0 Å². The van der Waals surface area contributed by atoms with Crippen LogP contribution in [0.1, 0.15) is 22.3 Å². The summed E-state index contributed by atoms with van der Waals surface area (Å²) >= 11 is 0. The van der Waals surface area contributed by atoms with Crippen molar-refractivity contribution in [2.24, 2.45) is 5.73 Å². The lowest BCUT2D eigenvalue weighted by atomic mass is 9.95. The summed E-state index contributed by atoms with van der Waals surface area (Å²) in [7, 11) is 0. The summed E-state index contributed by atoms with van der Waals surface area (Å²) in [6.45, 7) is 1.97. The minimum Gasteiger partial charge on any atom is -0.320 e. The number of nitrogens with zero attached hydrogens (tertiary/aromatic N) is 1. The Hall–Kier alpha value is -2.34. The second-order valence-electron chi connectivity index (χ2n) is 6.07. The molecule has 0 unspecified atom stereocenters. The largest absolute Gasteiger partial charge is 0.416 e. The lowest BCUT2D eigenvalue weighted by Gasteiger charge is -2.33. The highest BCUT2D eigenvalue weighted by Crippen LogP contribution is 2.32. The van der Waals surface area contributed by atoms with Crippen LogP contribution in [0.15, 0.2) is 42.5 Å². The molecule has 1 heterocycles. The standard InChI is InChI=1S/C18H17F3N2O/c1-11-5-6-13-9-15(22)17(24)23(16(13)7-11)10-12-3-2-4-14(8-12)18(19,20)21/h2-8,15H,9-10,22H2,1H3/t15-/m1/s1. The maximum Gasteiger partial charge on any atom is 0.416 e. The van der Waals surface area contributed by atoms with Crippen molar-refractivity contribution in [3.63, 3.8) is 0 Å². The zero-order valence-corrected chi connectivity index (χ0v) is 13.1. The van der Waals surface area contributed by atoms with Gasteiger partial charge in [-0.25, -0.2) is 0 Å². The van der Waals surface area contributed by atoms with Crippen molar-refractivity contribution in [1.29, 1.82) is 0 Å². The topological polar surface area (TPSA) is 46.3 Å². The third-order valence-corrected chi connectivity index (χ3v) is 4.15. The average molecular weight is 334 g/mol. The normalized spacial score (nSPS) is 17.8. The molecule has 3 rings (SSSR count). The first-order chi connectivity index (χ1) is 11.3. The molecule has 1 aliphatic rings. The van der Waals surface area contributed by atoms with Gasteiger partial charge in [0.2, 0.25) is 5.91 Å². The van der Waals surface area contributed by atoms with Gasteiger partial charge in [-0.05, 0) is 48.2 Å². The smallest absolute Gasteiger partial charge is 0.320 e. The number of aryl methyl sites for hydroxylation is 1. The van der Waals surface area contributed by atoms with Crippen molar-refractivity contribution in [2.45, 2.75) is 32.1 Å². The Bertz CT molecular complexity index is 786. The third-order valence-electron chi connectivity index (χ3n) is 4.15. The van der Waals surface area contributed by atoms with Gasteiger partial charge >= 0.3 is 6.18 Å². The molecule has 0 aromatic heterocycles. The Morgan fingerprint density at radius 2 is 1.96 bits per heavy atom. The van der Waals surface area contributed by atoms with Crippen molar-refractivity contribution in [3.05, 3.63) is 64.7 Å². The molecule has 0 bridgehead atoms. The van der Waals surface area contributed by atoms with Crippen LogP contribution >= 0.6 is 0 Å². The van der Waals surface area contributed by atoms with Gasteiger partial charge in [-0.1, -0.05) is 24.3 Å². The molecule has 0 radical (unpaired) electrons. The monoisotopic (exact) mass is 334 g/mol. The SMILES string of the molecule is Cc1ccc2c(c1)N(Cc1cccc(C(F)(F)F)c1)C(=O)[C@H](N)C2. The van der Waals surface area contributed by atoms with E-state index in [4.69, 9.17) is 5.73 Å². The Labute approximate surface area is 137 Å². The van der Waals surface area contributed by atoms with E-state index in [0.717, 1.165) is 28.9 Å². The van der Waals surface area contributed by atoms with E-state index in [1.54, 1.807) is 6.07 Å². The fourth-order valence-corrected chi connectivity index (χ4v) is 2.93. The van der Waals surface area contributed by atoms with Crippen LogP contribution in [0.2, 0.25) is 0 Å². The number of alkyl halides is 3. The van der Waals surface area contributed by atoms with Gasteiger partial charge in [-0.15, -0.1) is 0 Å². The van der Waals surface area contributed by atoms with Crippen LogP contribution in [-0.4, -0.2) is 11.9 Å². The summed E-state index contributed by atoms with van der Waals surface area (Å²) < 4.78 is 38.6. The number of fused-ring (bicyclic) bond motifs is 1. The fourth-order valence-electron chi connectivity index (χ4n) is 2.93. The molecule has 0 fully saturated rings. The van der Waals surface area contributed by atoms with Crippen molar-refractivity contribution in [3.8, 4) is 0 Å². The Balaban J connectivity index is 1.98. The number of hydrogen-bond donors (Lipinski definition) is 1. The molecule has 1 atom stereocenters. The average Bonchev–Trinajstić information content (AvgIpc) is 2.52. The molecule has 0 aliphatic carbocycles. The number of carbonyl (C=O) groups is 1. The van der Waals surface area contributed by atoms with Gasteiger partial charge in [-0.2, -0.15) is 13.2 Å². The molecule has 2 N–H and O–H groups in total. The van der Waals surface area contributed by atoms with E-state index in [1.165, 1.54) is 11.0 Å². The number of nitrogens with two attached hydrogens (primary N) is 1. The molecule has 2 aromatic rings.